The van der Waals surface area contributed by atoms with Crippen LogP contribution in [0.5, 0.6) is 0 Å². The summed E-state index contributed by atoms with van der Waals surface area (Å²) in [6.45, 7) is 9.91. The number of hydrogen-bond donors (Lipinski definition) is 1. The molecule has 0 aliphatic carbocycles. The Hall–Kier alpha value is -1.47. The highest BCUT2D eigenvalue weighted by Crippen LogP contribution is 2.24. The maximum atomic E-state index is 9.66. The van der Waals surface area contributed by atoms with E-state index in [2.05, 4.69) is 57.5 Å². The van der Waals surface area contributed by atoms with Gasteiger partial charge in [-0.15, -0.1) is 0 Å². The van der Waals surface area contributed by atoms with Gasteiger partial charge in [-0.2, -0.15) is 0 Å². The lowest BCUT2D eigenvalue weighted by Gasteiger charge is -2.47. The van der Waals surface area contributed by atoms with E-state index in [-0.39, 0.29) is 6.61 Å². The number of aromatic nitrogens is 2. The molecule has 6 nitrogen and oxygen atoms in total. The molecule has 1 unspecified atom stereocenters. The van der Waals surface area contributed by atoms with Crippen molar-refractivity contribution in [2.45, 2.75) is 51.4 Å². The average Bonchev–Trinajstić information content (AvgIpc) is 3.06. The lowest BCUT2D eigenvalue weighted by atomic mass is 9.98. The number of piperazine rings is 1. The number of hydrogen-bond acceptors (Lipinski definition) is 5. The van der Waals surface area contributed by atoms with Crippen molar-refractivity contribution in [2.75, 3.05) is 46.4 Å². The third-order valence-electron chi connectivity index (χ3n) is 6.65. The van der Waals surface area contributed by atoms with Gasteiger partial charge in [-0.25, -0.2) is 4.98 Å². The van der Waals surface area contributed by atoms with Crippen LogP contribution < -0.4 is 0 Å². The SMILES string of the molecule is CCn1c(CN2CCN(C3CCN(C)CC3)C(CCO)C2)nc2ccccc21. The van der Waals surface area contributed by atoms with Crippen molar-refractivity contribution < 1.29 is 5.11 Å². The van der Waals surface area contributed by atoms with E-state index in [0.717, 1.165) is 44.7 Å². The molecule has 1 aromatic carbocycles. The van der Waals surface area contributed by atoms with E-state index < -0.39 is 0 Å². The first kappa shape index (κ1) is 19.8. The minimum absolute atomic E-state index is 0.273. The molecule has 1 atom stereocenters. The first-order valence-corrected chi connectivity index (χ1v) is 10.9. The topological polar surface area (TPSA) is 47.8 Å². The second-order valence-electron chi connectivity index (χ2n) is 8.43. The number of nitrogens with zero attached hydrogens (tertiary/aromatic N) is 5. The Morgan fingerprint density at radius 1 is 1.11 bits per heavy atom. The summed E-state index contributed by atoms with van der Waals surface area (Å²) in [7, 11) is 2.22. The van der Waals surface area contributed by atoms with Crippen LogP contribution in [-0.2, 0) is 13.1 Å². The average molecular weight is 386 g/mol. The lowest BCUT2D eigenvalue weighted by molar-refractivity contribution is 0.00503. The molecular weight excluding hydrogens is 350 g/mol. The maximum Gasteiger partial charge on any atom is 0.124 e. The molecule has 2 fully saturated rings. The molecule has 0 radical (unpaired) electrons. The molecule has 4 rings (SSSR count). The molecule has 1 N–H and O–H groups in total. The summed E-state index contributed by atoms with van der Waals surface area (Å²) < 4.78 is 2.35. The zero-order valence-electron chi connectivity index (χ0n) is 17.4. The normalized spacial score (nSPS) is 23.6. The molecule has 1 aromatic heterocycles. The van der Waals surface area contributed by atoms with Crippen molar-refractivity contribution in [3.63, 3.8) is 0 Å². The number of aryl methyl sites for hydroxylation is 1. The van der Waals surface area contributed by atoms with Gasteiger partial charge < -0.3 is 14.6 Å². The Morgan fingerprint density at radius 3 is 2.64 bits per heavy atom. The summed E-state index contributed by atoms with van der Waals surface area (Å²) >= 11 is 0. The fourth-order valence-corrected chi connectivity index (χ4v) is 5.09. The number of likely N-dealkylation sites (tertiary alicyclic amines) is 1. The molecule has 2 saturated heterocycles. The van der Waals surface area contributed by atoms with Crippen LogP contribution in [-0.4, -0.2) is 87.8 Å². The predicted molar refractivity (Wildman–Crippen MR) is 113 cm³/mol. The van der Waals surface area contributed by atoms with E-state index in [1.54, 1.807) is 0 Å². The fraction of sp³-hybridized carbons (Fsp3) is 0.682. The highest BCUT2D eigenvalue weighted by Gasteiger charge is 2.33. The zero-order chi connectivity index (χ0) is 19.5. The molecule has 28 heavy (non-hydrogen) atoms. The zero-order valence-corrected chi connectivity index (χ0v) is 17.4. The summed E-state index contributed by atoms with van der Waals surface area (Å²) in [5.41, 5.74) is 2.33. The Bertz CT molecular complexity index is 767. The molecule has 154 valence electrons. The number of piperidine rings is 1. The molecule has 6 heteroatoms. The van der Waals surface area contributed by atoms with E-state index in [4.69, 9.17) is 4.98 Å². The highest BCUT2D eigenvalue weighted by atomic mass is 16.3. The molecule has 0 amide bonds. The van der Waals surface area contributed by atoms with E-state index >= 15 is 0 Å². The van der Waals surface area contributed by atoms with Crippen molar-refractivity contribution in [3.05, 3.63) is 30.1 Å². The fourth-order valence-electron chi connectivity index (χ4n) is 5.09. The van der Waals surface area contributed by atoms with Gasteiger partial charge in [0.1, 0.15) is 5.82 Å². The van der Waals surface area contributed by atoms with Gasteiger partial charge in [0.25, 0.3) is 0 Å². The lowest BCUT2D eigenvalue weighted by Crippen LogP contribution is -2.58. The van der Waals surface area contributed by atoms with E-state index in [0.29, 0.717) is 12.1 Å². The van der Waals surface area contributed by atoms with Crippen molar-refractivity contribution >= 4 is 11.0 Å². The molecule has 0 spiro atoms. The first-order valence-electron chi connectivity index (χ1n) is 10.9. The van der Waals surface area contributed by atoms with Crippen LogP contribution >= 0.6 is 0 Å². The number of para-hydroxylation sites is 2. The third-order valence-corrected chi connectivity index (χ3v) is 6.65. The Balaban J connectivity index is 1.46. The number of aliphatic hydroxyl groups is 1. The van der Waals surface area contributed by atoms with Crippen LogP contribution in [0.1, 0.15) is 32.0 Å². The van der Waals surface area contributed by atoms with Crippen LogP contribution in [0, 0.1) is 0 Å². The van der Waals surface area contributed by atoms with Gasteiger partial charge in [0.2, 0.25) is 0 Å². The molecule has 0 bridgehead atoms. The van der Waals surface area contributed by atoms with Gasteiger partial charge in [0.05, 0.1) is 17.6 Å². The predicted octanol–water partition coefficient (Wildman–Crippen LogP) is 2.02. The van der Waals surface area contributed by atoms with Gasteiger partial charge in [0.15, 0.2) is 0 Å². The smallest absolute Gasteiger partial charge is 0.124 e. The number of fused-ring (bicyclic) bond motifs is 1. The minimum atomic E-state index is 0.273. The summed E-state index contributed by atoms with van der Waals surface area (Å²) in [4.78, 5) is 12.6. The summed E-state index contributed by atoms with van der Waals surface area (Å²) in [5.74, 6) is 1.17. The van der Waals surface area contributed by atoms with Crippen LogP contribution in [0.15, 0.2) is 24.3 Å². The summed E-state index contributed by atoms with van der Waals surface area (Å²) in [6, 6.07) is 9.56. The second-order valence-corrected chi connectivity index (χ2v) is 8.43. The molecule has 2 aliphatic heterocycles. The molecule has 2 aromatic rings. The van der Waals surface area contributed by atoms with Crippen LogP contribution in [0.4, 0.5) is 0 Å². The quantitative estimate of drug-likeness (QED) is 0.824. The largest absolute Gasteiger partial charge is 0.396 e. The number of aliphatic hydroxyl groups excluding tert-OH is 1. The number of imidazole rings is 1. The highest BCUT2D eigenvalue weighted by molar-refractivity contribution is 5.75. The Labute approximate surface area is 168 Å². The number of benzene rings is 1. The summed E-state index contributed by atoms with van der Waals surface area (Å²) in [6.07, 6.45) is 3.38. The molecule has 3 heterocycles. The van der Waals surface area contributed by atoms with E-state index in [1.165, 1.54) is 37.3 Å². The van der Waals surface area contributed by atoms with Crippen LogP contribution in [0.3, 0.4) is 0 Å². The molecule has 2 aliphatic rings. The van der Waals surface area contributed by atoms with Gasteiger partial charge >= 0.3 is 0 Å². The van der Waals surface area contributed by atoms with Gasteiger partial charge in [0, 0.05) is 44.9 Å². The minimum Gasteiger partial charge on any atom is -0.396 e. The standard InChI is InChI=1S/C22H35N5O/c1-3-26-21-7-5-4-6-20(21)23-22(26)17-25-13-14-27(19(16-25)10-15-28)18-8-11-24(2)12-9-18/h4-7,18-19,28H,3,8-17H2,1-2H3. The number of rotatable bonds is 6. The van der Waals surface area contributed by atoms with Crippen molar-refractivity contribution in [1.82, 2.24) is 24.3 Å². The monoisotopic (exact) mass is 385 g/mol. The Morgan fingerprint density at radius 2 is 1.89 bits per heavy atom. The first-order chi connectivity index (χ1) is 13.7. The third kappa shape index (κ3) is 4.10. The van der Waals surface area contributed by atoms with Crippen molar-refractivity contribution in [1.29, 1.82) is 0 Å². The van der Waals surface area contributed by atoms with Crippen molar-refractivity contribution in [3.8, 4) is 0 Å². The van der Waals surface area contributed by atoms with E-state index in [1.807, 2.05) is 0 Å². The van der Waals surface area contributed by atoms with Gasteiger partial charge in [-0.1, -0.05) is 12.1 Å². The Kier molecular flexibility index (Phi) is 6.31. The van der Waals surface area contributed by atoms with Crippen molar-refractivity contribution in [2.24, 2.45) is 0 Å². The van der Waals surface area contributed by atoms with Gasteiger partial charge in [-0.05, 0) is 58.5 Å². The summed E-state index contributed by atoms with van der Waals surface area (Å²) in [5, 5.41) is 9.66. The second kappa shape index (κ2) is 8.91. The van der Waals surface area contributed by atoms with Crippen LogP contribution in [0.2, 0.25) is 0 Å². The molecular formula is C22H35N5O. The maximum absolute atomic E-state index is 9.66. The van der Waals surface area contributed by atoms with Crippen LogP contribution in [0.25, 0.3) is 11.0 Å². The van der Waals surface area contributed by atoms with Gasteiger partial charge in [-0.3, -0.25) is 9.80 Å². The van der Waals surface area contributed by atoms with E-state index in [9.17, 15) is 5.11 Å². The molecule has 0 saturated carbocycles.